The molecule has 0 aliphatic rings. The summed E-state index contributed by atoms with van der Waals surface area (Å²) in [5, 5.41) is 10.5. The van der Waals surface area contributed by atoms with E-state index in [0.717, 1.165) is 11.3 Å². The molecule has 6 nitrogen and oxygen atoms in total. The molecule has 18 heavy (non-hydrogen) atoms. The normalized spacial score (nSPS) is 13.5. The van der Waals surface area contributed by atoms with Gasteiger partial charge in [-0.3, -0.25) is 0 Å². The van der Waals surface area contributed by atoms with Crippen LogP contribution in [0, 0.1) is 0 Å². The lowest BCUT2D eigenvalue weighted by Gasteiger charge is -2.16. The molecular weight excluding hydrogens is 278 g/mol. The lowest BCUT2D eigenvalue weighted by Crippen LogP contribution is -2.38. The molecule has 0 radical (unpaired) electrons. The molecule has 0 unspecified atom stereocenters. The number of aliphatic hydroxyl groups is 1. The molecule has 0 aliphatic heterocycles. The quantitative estimate of drug-likeness (QED) is 0.726. The van der Waals surface area contributed by atoms with E-state index in [1.54, 1.807) is 11.4 Å². The first-order valence-corrected chi connectivity index (χ1v) is 7.65. The van der Waals surface area contributed by atoms with Crippen molar-refractivity contribution in [2.75, 3.05) is 27.4 Å². The van der Waals surface area contributed by atoms with E-state index in [-0.39, 0.29) is 17.4 Å². The Morgan fingerprint density at radius 3 is 2.78 bits per heavy atom. The largest absolute Gasteiger partial charge is 0.494 e. The van der Waals surface area contributed by atoms with Crippen molar-refractivity contribution in [1.82, 2.24) is 4.72 Å². The highest BCUT2D eigenvalue weighted by molar-refractivity contribution is 7.91. The van der Waals surface area contributed by atoms with Gasteiger partial charge in [0.15, 0.2) is 4.21 Å². The maximum Gasteiger partial charge on any atom is 0.254 e. The van der Waals surface area contributed by atoms with Crippen molar-refractivity contribution in [2.24, 2.45) is 0 Å². The number of sulfonamides is 1. The summed E-state index contributed by atoms with van der Waals surface area (Å²) in [4.78, 5) is 0. The van der Waals surface area contributed by atoms with Gasteiger partial charge in [-0.25, -0.2) is 13.1 Å². The Labute approximate surface area is 111 Å². The maximum atomic E-state index is 12.1. The summed E-state index contributed by atoms with van der Waals surface area (Å²) in [6.45, 7) is 0.0889. The summed E-state index contributed by atoms with van der Waals surface area (Å²) in [6.07, 6.45) is 0.292. The topological polar surface area (TPSA) is 84.9 Å². The highest BCUT2D eigenvalue weighted by Crippen LogP contribution is 2.29. The van der Waals surface area contributed by atoms with E-state index < -0.39 is 16.1 Å². The van der Waals surface area contributed by atoms with E-state index in [0.29, 0.717) is 12.2 Å². The first kappa shape index (κ1) is 15.4. The number of nitrogens with one attached hydrogen (secondary N) is 1. The molecule has 1 aromatic rings. The van der Waals surface area contributed by atoms with Crippen LogP contribution in [0.5, 0.6) is 5.75 Å². The smallest absolute Gasteiger partial charge is 0.254 e. The van der Waals surface area contributed by atoms with Gasteiger partial charge in [0.1, 0.15) is 5.75 Å². The molecule has 0 aromatic carbocycles. The number of thiophene rings is 1. The van der Waals surface area contributed by atoms with Gasteiger partial charge in [-0.15, -0.1) is 11.3 Å². The predicted molar refractivity (Wildman–Crippen MR) is 68.6 cm³/mol. The zero-order chi connectivity index (χ0) is 13.6. The van der Waals surface area contributed by atoms with Crippen molar-refractivity contribution in [2.45, 2.75) is 16.7 Å². The molecule has 0 amide bonds. The van der Waals surface area contributed by atoms with Gasteiger partial charge in [0.05, 0.1) is 13.7 Å². The molecule has 1 heterocycles. The molecule has 0 fully saturated rings. The lowest BCUT2D eigenvalue weighted by molar-refractivity contribution is 0.158. The summed E-state index contributed by atoms with van der Waals surface area (Å²) >= 11 is 1.08. The van der Waals surface area contributed by atoms with E-state index in [1.165, 1.54) is 14.2 Å². The van der Waals surface area contributed by atoms with Crippen molar-refractivity contribution in [3.63, 3.8) is 0 Å². The van der Waals surface area contributed by atoms with Crippen LogP contribution < -0.4 is 9.46 Å². The number of aliphatic hydroxyl groups excluding tert-OH is 1. The molecule has 0 saturated heterocycles. The average molecular weight is 295 g/mol. The average Bonchev–Trinajstić information content (AvgIpc) is 2.78. The van der Waals surface area contributed by atoms with Crippen molar-refractivity contribution < 1.29 is 23.0 Å². The number of hydrogen-bond donors (Lipinski definition) is 2. The third kappa shape index (κ3) is 3.92. The van der Waals surface area contributed by atoms with Crippen LogP contribution in [0.15, 0.2) is 15.7 Å². The predicted octanol–water partition coefficient (Wildman–Crippen LogP) is 0.432. The van der Waals surface area contributed by atoms with Gasteiger partial charge < -0.3 is 14.6 Å². The fraction of sp³-hybridized carbons (Fsp3) is 0.600. The molecule has 1 atom stereocenters. The SMILES string of the molecule is COC[C@H](CCO)NS(=O)(=O)c1sccc1OC. The number of methoxy groups -OCH3 is 2. The van der Waals surface area contributed by atoms with Crippen molar-refractivity contribution in [3.05, 3.63) is 11.4 Å². The fourth-order valence-electron chi connectivity index (χ4n) is 1.44. The third-order valence-corrected chi connectivity index (χ3v) is 5.19. The Morgan fingerprint density at radius 2 is 2.22 bits per heavy atom. The summed E-state index contributed by atoms with van der Waals surface area (Å²) < 4.78 is 36.7. The monoisotopic (exact) mass is 295 g/mol. The second kappa shape index (κ2) is 7.05. The van der Waals surface area contributed by atoms with Crippen LogP contribution in [0.25, 0.3) is 0 Å². The Hall–Kier alpha value is -0.670. The van der Waals surface area contributed by atoms with Crippen molar-refractivity contribution in [3.8, 4) is 5.75 Å². The molecule has 8 heteroatoms. The zero-order valence-corrected chi connectivity index (χ0v) is 11.9. The first-order chi connectivity index (χ1) is 8.55. The van der Waals surface area contributed by atoms with Gasteiger partial charge in [0.25, 0.3) is 10.0 Å². The number of rotatable bonds is 8. The highest BCUT2D eigenvalue weighted by Gasteiger charge is 2.24. The van der Waals surface area contributed by atoms with E-state index in [4.69, 9.17) is 14.6 Å². The zero-order valence-electron chi connectivity index (χ0n) is 10.3. The van der Waals surface area contributed by atoms with E-state index in [2.05, 4.69) is 4.72 Å². The second-order valence-corrected chi connectivity index (χ2v) is 6.39. The second-order valence-electron chi connectivity index (χ2n) is 3.56. The maximum absolute atomic E-state index is 12.1. The molecule has 104 valence electrons. The van der Waals surface area contributed by atoms with Crippen LogP contribution in [-0.2, 0) is 14.8 Å². The van der Waals surface area contributed by atoms with E-state index in [9.17, 15) is 8.42 Å². The molecular formula is C10H17NO5S2. The van der Waals surface area contributed by atoms with Gasteiger partial charge in [0.2, 0.25) is 0 Å². The molecule has 1 aromatic heterocycles. The molecule has 0 saturated carbocycles. The van der Waals surface area contributed by atoms with Crippen LogP contribution in [0.3, 0.4) is 0 Å². The minimum Gasteiger partial charge on any atom is -0.494 e. The number of ether oxygens (including phenoxy) is 2. The van der Waals surface area contributed by atoms with Gasteiger partial charge >= 0.3 is 0 Å². The molecule has 2 N–H and O–H groups in total. The first-order valence-electron chi connectivity index (χ1n) is 5.28. The standard InChI is InChI=1S/C10H17NO5S2/c1-15-7-8(3-5-12)11-18(13,14)10-9(16-2)4-6-17-10/h4,6,8,11-12H,3,5,7H2,1-2H3/t8-/m0/s1. The number of hydrogen-bond acceptors (Lipinski definition) is 6. The Balaban J connectivity index is 2.86. The van der Waals surface area contributed by atoms with Crippen LogP contribution in [0.2, 0.25) is 0 Å². The Morgan fingerprint density at radius 1 is 1.50 bits per heavy atom. The Kier molecular flexibility index (Phi) is 6.03. The van der Waals surface area contributed by atoms with Crippen LogP contribution in [0.1, 0.15) is 6.42 Å². The lowest BCUT2D eigenvalue weighted by atomic mass is 10.2. The van der Waals surface area contributed by atoms with Crippen LogP contribution in [-0.4, -0.2) is 47.0 Å². The van der Waals surface area contributed by atoms with Gasteiger partial charge in [-0.2, -0.15) is 0 Å². The van der Waals surface area contributed by atoms with E-state index in [1.807, 2.05) is 0 Å². The summed E-state index contributed by atoms with van der Waals surface area (Å²) in [7, 11) is -0.756. The molecule has 1 rings (SSSR count). The molecule has 0 aliphatic carbocycles. The Bertz CT molecular complexity index is 451. The summed E-state index contributed by atoms with van der Waals surface area (Å²) in [5.41, 5.74) is 0. The fourth-order valence-corrected chi connectivity index (χ4v) is 3.99. The van der Waals surface area contributed by atoms with Crippen molar-refractivity contribution >= 4 is 21.4 Å². The van der Waals surface area contributed by atoms with Gasteiger partial charge in [0, 0.05) is 19.8 Å². The molecule has 0 bridgehead atoms. The van der Waals surface area contributed by atoms with Crippen LogP contribution >= 0.6 is 11.3 Å². The minimum atomic E-state index is -3.65. The third-order valence-electron chi connectivity index (χ3n) is 2.23. The van der Waals surface area contributed by atoms with Crippen LogP contribution in [0.4, 0.5) is 0 Å². The van der Waals surface area contributed by atoms with Gasteiger partial charge in [-0.05, 0) is 17.9 Å². The summed E-state index contributed by atoms with van der Waals surface area (Å²) in [6, 6.07) is 1.13. The minimum absolute atomic E-state index is 0.113. The summed E-state index contributed by atoms with van der Waals surface area (Å²) in [5.74, 6) is 0.313. The highest BCUT2D eigenvalue weighted by atomic mass is 32.2. The van der Waals surface area contributed by atoms with Crippen molar-refractivity contribution in [1.29, 1.82) is 0 Å². The van der Waals surface area contributed by atoms with E-state index >= 15 is 0 Å². The van der Waals surface area contributed by atoms with Gasteiger partial charge in [-0.1, -0.05) is 0 Å². The molecule has 0 spiro atoms.